The average Bonchev–Trinajstić information content (AvgIpc) is 2.54. The van der Waals surface area contributed by atoms with Crippen LogP contribution in [-0.2, 0) is 20.5 Å². The minimum Gasteiger partial charge on any atom is -0.465 e. The second-order valence-corrected chi connectivity index (χ2v) is 8.01. The maximum atomic E-state index is 12.6. The zero-order valence-electron chi connectivity index (χ0n) is 13.6. The van der Waals surface area contributed by atoms with E-state index in [0.717, 1.165) is 12.8 Å². The molecule has 1 aliphatic rings. The van der Waals surface area contributed by atoms with Crippen LogP contribution in [0.15, 0.2) is 24.3 Å². The predicted octanol–water partition coefficient (Wildman–Crippen LogP) is 1.36. The molecule has 0 radical (unpaired) electrons. The number of ether oxygens (including phenoxy) is 1. The van der Waals surface area contributed by atoms with Gasteiger partial charge in [0.05, 0.1) is 18.4 Å². The van der Waals surface area contributed by atoms with Crippen LogP contribution in [0, 0.1) is 5.92 Å². The van der Waals surface area contributed by atoms with E-state index >= 15 is 0 Å². The molecule has 2 rings (SSSR count). The Morgan fingerprint density at radius 2 is 2.04 bits per heavy atom. The summed E-state index contributed by atoms with van der Waals surface area (Å²) in [5, 5.41) is 0. The van der Waals surface area contributed by atoms with E-state index in [2.05, 4.69) is 4.74 Å². The summed E-state index contributed by atoms with van der Waals surface area (Å²) in [5.74, 6) is -0.202. The van der Waals surface area contributed by atoms with Gasteiger partial charge >= 0.3 is 5.97 Å². The van der Waals surface area contributed by atoms with Gasteiger partial charge in [0, 0.05) is 19.1 Å². The third-order valence-electron chi connectivity index (χ3n) is 4.33. The first-order valence-corrected chi connectivity index (χ1v) is 9.35. The van der Waals surface area contributed by atoms with Crippen molar-refractivity contribution < 1.29 is 17.9 Å². The molecule has 1 fully saturated rings. The van der Waals surface area contributed by atoms with E-state index in [4.69, 9.17) is 5.73 Å². The van der Waals surface area contributed by atoms with Crippen molar-refractivity contribution in [3.63, 3.8) is 0 Å². The number of rotatable bonds is 5. The maximum absolute atomic E-state index is 12.6. The molecule has 6 nitrogen and oxygen atoms in total. The number of hydrogen-bond acceptors (Lipinski definition) is 5. The predicted molar refractivity (Wildman–Crippen MR) is 88.4 cm³/mol. The Hall–Kier alpha value is -1.44. The normalized spacial score (nSPS) is 18.6. The lowest BCUT2D eigenvalue weighted by Gasteiger charge is -2.33. The van der Waals surface area contributed by atoms with Crippen LogP contribution in [-0.4, -0.2) is 44.9 Å². The summed E-state index contributed by atoms with van der Waals surface area (Å²) in [7, 11) is -2.09. The molecule has 0 spiro atoms. The summed E-state index contributed by atoms with van der Waals surface area (Å²) < 4.78 is 31.3. The molecule has 7 heteroatoms. The molecule has 1 saturated heterocycles. The summed E-state index contributed by atoms with van der Waals surface area (Å²) in [4.78, 5) is 11.5. The van der Waals surface area contributed by atoms with E-state index in [1.807, 2.05) is 6.92 Å². The molecule has 0 amide bonds. The van der Waals surface area contributed by atoms with Gasteiger partial charge in [-0.15, -0.1) is 0 Å². The lowest BCUT2D eigenvalue weighted by molar-refractivity contribution is 0.0600. The minimum atomic E-state index is -3.39. The Kier molecular flexibility index (Phi) is 5.78. The van der Waals surface area contributed by atoms with Crippen LogP contribution in [0.5, 0.6) is 0 Å². The molecule has 1 unspecified atom stereocenters. The van der Waals surface area contributed by atoms with Crippen LogP contribution < -0.4 is 5.73 Å². The zero-order valence-corrected chi connectivity index (χ0v) is 14.4. The molecule has 0 aromatic heterocycles. The van der Waals surface area contributed by atoms with E-state index < -0.39 is 16.0 Å². The number of nitrogens with two attached hydrogens (primary N) is 1. The highest BCUT2D eigenvalue weighted by molar-refractivity contribution is 7.88. The summed E-state index contributed by atoms with van der Waals surface area (Å²) in [6.07, 6.45) is 1.58. The topological polar surface area (TPSA) is 89.7 Å². The van der Waals surface area contributed by atoms with Crippen LogP contribution in [0.1, 0.15) is 35.7 Å². The van der Waals surface area contributed by atoms with Crippen molar-refractivity contribution in [3.8, 4) is 0 Å². The van der Waals surface area contributed by atoms with Crippen LogP contribution in [0.2, 0.25) is 0 Å². The molecule has 1 aromatic rings. The summed E-state index contributed by atoms with van der Waals surface area (Å²) in [6.45, 7) is 2.98. The van der Waals surface area contributed by atoms with Crippen molar-refractivity contribution in [2.24, 2.45) is 11.7 Å². The fourth-order valence-electron chi connectivity index (χ4n) is 2.89. The number of piperidine rings is 1. The number of methoxy groups -OCH3 is 1. The first-order valence-electron chi connectivity index (χ1n) is 7.74. The number of sulfonamides is 1. The Labute approximate surface area is 137 Å². The van der Waals surface area contributed by atoms with Gasteiger partial charge < -0.3 is 10.5 Å². The minimum absolute atomic E-state index is 0.0941. The maximum Gasteiger partial charge on any atom is 0.337 e. The monoisotopic (exact) mass is 340 g/mol. The van der Waals surface area contributed by atoms with Crippen molar-refractivity contribution >= 4 is 16.0 Å². The first-order chi connectivity index (χ1) is 10.8. The van der Waals surface area contributed by atoms with Gasteiger partial charge in [-0.05, 0) is 43.4 Å². The van der Waals surface area contributed by atoms with Crippen molar-refractivity contribution in [3.05, 3.63) is 35.4 Å². The number of benzene rings is 1. The second-order valence-electron chi connectivity index (χ2n) is 6.04. The van der Waals surface area contributed by atoms with Gasteiger partial charge in [0.25, 0.3) is 0 Å². The molecule has 128 valence electrons. The highest BCUT2D eigenvalue weighted by Gasteiger charge is 2.29. The molecule has 0 aliphatic carbocycles. The van der Waals surface area contributed by atoms with E-state index in [-0.39, 0.29) is 11.8 Å². The Morgan fingerprint density at radius 1 is 1.39 bits per heavy atom. The van der Waals surface area contributed by atoms with Crippen molar-refractivity contribution in [1.82, 2.24) is 4.31 Å². The van der Waals surface area contributed by atoms with Gasteiger partial charge in [0.15, 0.2) is 0 Å². The molecule has 1 aliphatic heterocycles. The third kappa shape index (κ3) is 4.53. The third-order valence-corrected chi connectivity index (χ3v) is 6.18. The fourth-order valence-corrected chi connectivity index (χ4v) is 4.44. The number of carbonyl (C=O) groups excluding carboxylic acids is 1. The highest BCUT2D eigenvalue weighted by atomic mass is 32.2. The van der Waals surface area contributed by atoms with Crippen molar-refractivity contribution in [1.29, 1.82) is 0 Å². The molecular weight excluding hydrogens is 316 g/mol. The average molecular weight is 340 g/mol. The van der Waals surface area contributed by atoms with E-state index in [1.165, 1.54) is 11.4 Å². The summed E-state index contributed by atoms with van der Waals surface area (Å²) >= 11 is 0. The molecule has 1 aromatic carbocycles. The Morgan fingerprint density at radius 3 is 2.61 bits per heavy atom. The quantitative estimate of drug-likeness (QED) is 0.818. The number of esters is 1. The van der Waals surface area contributed by atoms with Crippen LogP contribution in [0.3, 0.4) is 0 Å². The molecule has 23 heavy (non-hydrogen) atoms. The molecule has 2 N–H and O–H groups in total. The number of carbonyl (C=O) groups is 1. The van der Waals surface area contributed by atoms with E-state index in [0.29, 0.717) is 30.1 Å². The molecule has 0 saturated carbocycles. The van der Waals surface area contributed by atoms with Crippen molar-refractivity contribution in [2.45, 2.75) is 31.6 Å². The largest absolute Gasteiger partial charge is 0.465 e. The van der Waals surface area contributed by atoms with E-state index in [9.17, 15) is 13.2 Å². The van der Waals surface area contributed by atoms with Gasteiger partial charge in [-0.25, -0.2) is 17.5 Å². The summed E-state index contributed by atoms with van der Waals surface area (Å²) in [5.41, 5.74) is 6.83. The van der Waals surface area contributed by atoms with Gasteiger partial charge in [0.1, 0.15) is 0 Å². The van der Waals surface area contributed by atoms with Crippen LogP contribution >= 0.6 is 0 Å². The Balaban J connectivity index is 2.06. The highest BCUT2D eigenvalue weighted by Crippen LogP contribution is 2.23. The van der Waals surface area contributed by atoms with Gasteiger partial charge in [-0.2, -0.15) is 0 Å². The smallest absolute Gasteiger partial charge is 0.337 e. The SMILES string of the molecule is COC(=O)c1cccc(CS(=O)(=O)N2CCC(C(C)N)CC2)c1. The van der Waals surface area contributed by atoms with Crippen molar-refractivity contribution in [2.75, 3.05) is 20.2 Å². The molecule has 1 heterocycles. The molecule has 1 atom stereocenters. The Bertz CT molecular complexity index is 650. The number of hydrogen-bond donors (Lipinski definition) is 1. The van der Waals surface area contributed by atoms with E-state index in [1.54, 1.807) is 24.3 Å². The fraction of sp³-hybridized carbons (Fsp3) is 0.562. The molecule has 0 bridgehead atoms. The van der Waals surface area contributed by atoms with Gasteiger partial charge in [-0.3, -0.25) is 0 Å². The second kappa shape index (κ2) is 7.42. The first kappa shape index (κ1) is 17.9. The lowest BCUT2D eigenvalue weighted by atomic mass is 9.92. The summed E-state index contributed by atoms with van der Waals surface area (Å²) in [6, 6.07) is 6.64. The number of nitrogens with zero attached hydrogens (tertiary/aromatic N) is 1. The molecular formula is C16H24N2O4S. The van der Waals surface area contributed by atoms with Gasteiger partial charge in [-0.1, -0.05) is 12.1 Å². The van der Waals surface area contributed by atoms with Crippen LogP contribution in [0.4, 0.5) is 0 Å². The standard InChI is InChI=1S/C16H24N2O4S/c1-12(17)14-6-8-18(9-7-14)23(20,21)11-13-4-3-5-15(10-13)16(19)22-2/h3-5,10,12,14H,6-9,11,17H2,1-2H3. The van der Waals surface area contributed by atoms with Gasteiger partial charge in [0.2, 0.25) is 10.0 Å². The lowest BCUT2D eigenvalue weighted by Crippen LogP contribution is -2.42. The van der Waals surface area contributed by atoms with Crippen LogP contribution in [0.25, 0.3) is 0 Å². The zero-order chi connectivity index (χ0) is 17.0.